The van der Waals surface area contributed by atoms with Crippen molar-refractivity contribution in [3.63, 3.8) is 0 Å². The number of thiocarbonyl (C=S) groups is 1. The van der Waals surface area contributed by atoms with Gasteiger partial charge in [-0.3, -0.25) is 4.79 Å². The second-order valence-corrected chi connectivity index (χ2v) is 6.38. The summed E-state index contributed by atoms with van der Waals surface area (Å²) in [4.78, 5) is 12.9. The summed E-state index contributed by atoms with van der Waals surface area (Å²) < 4.78 is 0.997. The molecule has 20 heavy (non-hydrogen) atoms. The van der Waals surface area contributed by atoms with E-state index in [0.29, 0.717) is 12.8 Å². The monoisotopic (exact) mass is 356 g/mol. The third kappa shape index (κ3) is 3.20. The number of carbonyl (C=O) groups excluding carboxylic acids is 1. The second-order valence-electron chi connectivity index (χ2n) is 5.02. The van der Waals surface area contributed by atoms with Crippen molar-refractivity contribution in [1.82, 2.24) is 0 Å². The summed E-state index contributed by atoms with van der Waals surface area (Å²) in [5, 5.41) is 3.00. The smallest absolute Gasteiger partial charge is 0.237 e. The first-order valence-electron chi connectivity index (χ1n) is 6.66. The van der Waals surface area contributed by atoms with Crippen molar-refractivity contribution in [2.24, 2.45) is 11.1 Å². The standard InChI is InChI=1S/C15H21BrN2OS/c1-5-15(6-2,13(17)20)14(19)18-12-9(3)7-11(16)8-10(12)4/h7-8H,5-6H2,1-4H3,(H2,17,20)(H,18,19). The number of amides is 1. The normalized spacial score (nSPS) is 11.2. The molecule has 110 valence electrons. The summed E-state index contributed by atoms with van der Waals surface area (Å²) in [7, 11) is 0. The van der Waals surface area contributed by atoms with E-state index in [2.05, 4.69) is 21.2 Å². The summed E-state index contributed by atoms with van der Waals surface area (Å²) in [6, 6.07) is 3.95. The van der Waals surface area contributed by atoms with E-state index in [0.717, 1.165) is 21.3 Å². The van der Waals surface area contributed by atoms with E-state index in [9.17, 15) is 4.79 Å². The van der Waals surface area contributed by atoms with Crippen LogP contribution in [0.5, 0.6) is 0 Å². The molecule has 0 radical (unpaired) electrons. The number of nitrogens with two attached hydrogens (primary N) is 1. The van der Waals surface area contributed by atoms with Gasteiger partial charge in [0.25, 0.3) is 0 Å². The second kappa shape index (κ2) is 6.68. The predicted octanol–water partition coefficient (Wildman–Crippen LogP) is 4.10. The summed E-state index contributed by atoms with van der Waals surface area (Å²) >= 11 is 8.57. The number of benzene rings is 1. The molecule has 0 aliphatic rings. The number of halogens is 1. The minimum atomic E-state index is -0.777. The van der Waals surface area contributed by atoms with Gasteiger partial charge in [0, 0.05) is 10.2 Å². The van der Waals surface area contributed by atoms with Crippen molar-refractivity contribution in [2.45, 2.75) is 40.5 Å². The van der Waals surface area contributed by atoms with Crippen molar-refractivity contribution in [3.05, 3.63) is 27.7 Å². The summed E-state index contributed by atoms with van der Waals surface area (Å²) in [5.41, 5.74) is 7.89. The molecule has 0 spiro atoms. The molecule has 0 atom stereocenters. The molecule has 1 amide bonds. The van der Waals surface area contributed by atoms with Crippen LogP contribution in [0.1, 0.15) is 37.8 Å². The Morgan fingerprint density at radius 2 is 1.75 bits per heavy atom. The molecule has 0 aromatic heterocycles. The number of nitrogens with one attached hydrogen (secondary N) is 1. The Morgan fingerprint density at radius 3 is 2.10 bits per heavy atom. The molecule has 0 heterocycles. The van der Waals surface area contributed by atoms with Gasteiger partial charge in [-0.2, -0.15) is 0 Å². The fraction of sp³-hybridized carbons (Fsp3) is 0.467. The van der Waals surface area contributed by atoms with Gasteiger partial charge < -0.3 is 11.1 Å². The number of anilines is 1. The summed E-state index contributed by atoms with van der Waals surface area (Å²) in [5.74, 6) is -0.122. The van der Waals surface area contributed by atoms with Crippen LogP contribution in [0, 0.1) is 19.3 Å². The van der Waals surface area contributed by atoms with Crippen LogP contribution in [0.2, 0.25) is 0 Å². The Balaban J connectivity index is 3.16. The molecule has 0 unspecified atom stereocenters. The molecule has 5 heteroatoms. The van der Waals surface area contributed by atoms with Crippen LogP contribution in [-0.2, 0) is 4.79 Å². The lowest BCUT2D eigenvalue weighted by molar-refractivity contribution is -0.122. The number of rotatable bonds is 5. The highest BCUT2D eigenvalue weighted by molar-refractivity contribution is 9.10. The van der Waals surface area contributed by atoms with Gasteiger partial charge in [-0.1, -0.05) is 42.0 Å². The van der Waals surface area contributed by atoms with Gasteiger partial charge >= 0.3 is 0 Å². The van der Waals surface area contributed by atoms with E-state index < -0.39 is 5.41 Å². The molecule has 1 aromatic rings. The van der Waals surface area contributed by atoms with E-state index in [1.54, 1.807) is 0 Å². The Kier molecular flexibility index (Phi) is 5.71. The van der Waals surface area contributed by atoms with E-state index in [1.807, 2.05) is 39.8 Å². The van der Waals surface area contributed by atoms with Gasteiger partial charge in [0.15, 0.2) is 0 Å². The molecule has 3 N–H and O–H groups in total. The lowest BCUT2D eigenvalue weighted by Gasteiger charge is -2.29. The molecule has 3 nitrogen and oxygen atoms in total. The minimum Gasteiger partial charge on any atom is -0.392 e. The van der Waals surface area contributed by atoms with Gasteiger partial charge in [-0.25, -0.2) is 0 Å². The lowest BCUT2D eigenvalue weighted by atomic mass is 9.81. The Morgan fingerprint density at radius 1 is 1.30 bits per heavy atom. The van der Waals surface area contributed by atoms with Crippen molar-refractivity contribution in [1.29, 1.82) is 0 Å². The zero-order chi connectivity index (χ0) is 15.5. The van der Waals surface area contributed by atoms with Gasteiger partial charge in [-0.15, -0.1) is 0 Å². The minimum absolute atomic E-state index is 0.122. The van der Waals surface area contributed by atoms with Crippen LogP contribution >= 0.6 is 28.1 Å². The highest BCUT2D eigenvalue weighted by atomic mass is 79.9. The van der Waals surface area contributed by atoms with Crippen LogP contribution in [-0.4, -0.2) is 10.9 Å². The van der Waals surface area contributed by atoms with Crippen LogP contribution in [0.15, 0.2) is 16.6 Å². The lowest BCUT2D eigenvalue weighted by Crippen LogP contribution is -2.45. The third-order valence-corrected chi connectivity index (χ3v) is 4.70. The average Bonchev–Trinajstić information content (AvgIpc) is 2.35. The maximum atomic E-state index is 12.6. The third-order valence-electron chi connectivity index (χ3n) is 3.85. The SMILES string of the molecule is CCC(CC)(C(=O)Nc1c(C)cc(Br)cc1C)C(N)=S. The van der Waals surface area contributed by atoms with Crippen LogP contribution < -0.4 is 11.1 Å². The molecule has 0 saturated carbocycles. The molecule has 0 bridgehead atoms. The largest absolute Gasteiger partial charge is 0.392 e. The number of hydrogen-bond donors (Lipinski definition) is 2. The van der Waals surface area contributed by atoms with E-state index in [4.69, 9.17) is 18.0 Å². The molecule has 0 saturated heterocycles. The first kappa shape index (κ1) is 17.1. The van der Waals surface area contributed by atoms with Crippen LogP contribution in [0.4, 0.5) is 5.69 Å². The molecule has 0 aliphatic heterocycles. The highest BCUT2D eigenvalue weighted by Gasteiger charge is 2.38. The number of aryl methyl sites for hydroxylation is 2. The van der Waals surface area contributed by atoms with Gasteiger partial charge in [0.1, 0.15) is 0 Å². The van der Waals surface area contributed by atoms with Gasteiger partial charge in [0.05, 0.1) is 10.4 Å². The van der Waals surface area contributed by atoms with E-state index >= 15 is 0 Å². The Labute approximate surface area is 134 Å². The van der Waals surface area contributed by atoms with Crippen molar-refractivity contribution in [3.8, 4) is 0 Å². The predicted molar refractivity (Wildman–Crippen MR) is 92.0 cm³/mol. The van der Waals surface area contributed by atoms with Crippen LogP contribution in [0.25, 0.3) is 0 Å². The van der Waals surface area contributed by atoms with Crippen molar-refractivity contribution in [2.75, 3.05) is 5.32 Å². The first-order chi connectivity index (χ1) is 9.28. The quantitative estimate of drug-likeness (QED) is 0.780. The summed E-state index contributed by atoms with van der Waals surface area (Å²) in [6.45, 7) is 7.80. The topological polar surface area (TPSA) is 55.1 Å². The Hall–Kier alpha value is -0.940. The first-order valence-corrected chi connectivity index (χ1v) is 7.86. The van der Waals surface area contributed by atoms with E-state index in [-0.39, 0.29) is 10.9 Å². The van der Waals surface area contributed by atoms with E-state index in [1.165, 1.54) is 0 Å². The zero-order valence-electron chi connectivity index (χ0n) is 12.3. The molecular weight excluding hydrogens is 336 g/mol. The number of hydrogen-bond acceptors (Lipinski definition) is 2. The van der Waals surface area contributed by atoms with Gasteiger partial charge in [0.2, 0.25) is 5.91 Å². The highest BCUT2D eigenvalue weighted by Crippen LogP contribution is 2.31. The van der Waals surface area contributed by atoms with Crippen LogP contribution in [0.3, 0.4) is 0 Å². The average molecular weight is 357 g/mol. The number of carbonyl (C=O) groups is 1. The van der Waals surface area contributed by atoms with Crippen molar-refractivity contribution < 1.29 is 4.79 Å². The Bertz CT molecular complexity index is 516. The summed E-state index contributed by atoms with van der Waals surface area (Å²) in [6.07, 6.45) is 1.19. The molecule has 1 aromatic carbocycles. The zero-order valence-corrected chi connectivity index (χ0v) is 14.7. The molecule has 1 rings (SSSR count). The van der Waals surface area contributed by atoms with Crippen molar-refractivity contribution >= 4 is 44.7 Å². The maximum absolute atomic E-state index is 12.6. The molecular formula is C15H21BrN2OS. The molecule has 0 aliphatic carbocycles. The fourth-order valence-corrected chi connectivity index (χ4v) is 3.44. The van der Waals surface area contributed by atoms with Gasteiger partial charge in [-0.05, 0) is 49.9 Å². The maximum Gasteiger partial charge on any atom is 0.237 e. The fourth-order valence-electron chi connectivity index (χ4n) is 2.37. The molecule has 0 fully saturated rings.